The van der Waals surface area contributed by atoms with Gasteiger partial charge < -0.3 is 0 Å². The number of rotatable bonds is 3. The fourth-order valence-corrected chi connectivity index (χ4v) is 9.68. The first-order valence-electron chi connectivity index (χ1n) is 13.3. The lowest BCUT2D eigenvalue weighted by molar-refractivity contribution is 0.0319. The normalized spacial score (nSPS) is 43.2. The summed E-state index contributed by atoms with van der Waals surface area (Å²) in [5.74, 6) is 6.40. The summed E-state index contributed by atoms with van der Waals surface area (Å²) in [5.41, 5.74) is 1.44. The van der Waals surface area contributed by atoms with Gasteiger partial charge in [0.15, 0.2) is 0 Å². The van der Waals surface area contributed by atoms with Gasteiger partial charge in [0.2, 0.25) is 0 Å². The second-order valence-electron chi connectivity index (χ2n) is 14.1. The van der Waals surface area contributed by atoms with Crippen molar-refractivity contribution in [1.82, 2.24) is 0 Å². The zero-order valence-corrected chi connectivity index (χ0v) is 21.0. The van der Waals surface area contributed by atoms with Crippen LogP contribution in [0.15, 0.2) is 48.6 Å². The lowest BCUT2D eigenvalue weighted by Gasteiger charge is -2.47. The smallest absolute Gasteiger partial charge is 0.00954 e. The second kappa shape index (κ2) is 7.50. The van der Waals surface area contributed by atoms with Crippen LogP contribution in [0.2, 0.25) is 0 Å². The van der Waals surface area contributed by atoms with E-state index in [9.17, 15) is 0 Å². The average molecular weight is 419 g/mol. The predicted octanol–water partition coefficient (Wildman–Crippen LogP) is 8.63. The Kier molecular flexibility index (Phi) is 5.27. The Hall–Kier alpha value is -1.04. The van der Waals surface area contributed by atoms with Gasteiger partial charge >= 0.3 is 0 Å². The largest absolute Gasteiger partial charge is 0.0805 e. The quantitative estimate of drug-likeness (QED) is 0.430. The molecule has 0 amide bonds. The molecule has 0 aromatic carbocycles. The summed E-state index contributed by atoms with van der Waals surface area (Å²) in [6, 6.07) is 0. The molecular weight excluding hydrogens is 372 g/mol. The fraction of sp³-hybridized carbons (Fsp3) is 0.742. The Morgan fingerprint density at radius 3 is 1.65 bits per heavy atom. The highest BCUT2D eigenvalue weighted by atomic mass is 14.6. The van der Waals surface area contributed by atoms with Crippen LogP contribution in [0, 0.1) is 63.6 Å². The molecule has 5 rings (SSSR count). The van der Waals surface area contributed by atoms with Crippen molar-refractivity contribution >= 4 is 0 Å². The Bertz CT molecular complexity index is 750. The second-order valence-corrected chi connectivity index (χ2v) is 14.1. The predicted molar refractivity (Wildman–Crippen MR) is 134 cm³/mol. The van der Waals surface area contributed by atoms with Crippen molar-refractivity contribution in [2.45, 2.75) is 80.1 Å². The van der Waals surface area contributed by atoms with Crippen molar-refractivity contribution < 1.29 is 0 Å². The van der Waals surface area contributed by atoms with Crippen LogP contribution in [0.4, 0.5) is 0 Å². The zero-order chi connectivity index (χ0) is 22.0. The molecule has 6 unspecified atom stereocenters. The zero-order valence-electron chi connectivity index (χ0n) is 21.0. The van der Waals surface area contributed by atoms with Gasteiger partial charge in [-0.2, -0.15) is 0 Å². The first kappa shape index (κ1) is 21.8. The number of hydrogen-bond acceptors (Lipinski definition) is 0. The molecule has 0 spiro atoms. The number of allylic oxidation sites excluding steroid dienone is 8. The topological polar surface area (TPSA) is 0 Å². The molecule has 5 aliphatic carbocycles. The van der Waals surface area contributed by atoms with Gasteiger partial charge in [0.1, 0.15) is 0 Å². The summed E-state index contributed by atoms with van der Waals surface area (Å²) in [5, 5.41) is 0. The lowest BCUT2D eigenvalue weighted by atomic mass is 9.58. The SMILES string of the molecule is CC1(C)CC(C2CCC(C(C)(C)C3C4C=CC=CC4C4C=CC=CC43)C2)CC(C)(C)C1. The van der Waals surface area contributed by atoms with E-state index in [1.165, 1.54) is 38.5 Å². The molecule has 0 aliphatic heterocycles. The van der Waals surface area contributed by atoms with Gasteiger partial charge in [0.05, 0.1) is 0 Å². The standard InChI is InChI=1S/C31H46/c1-29(2)18-22(19-30(3,4)20-29)21-15-16-23(17-21)31(5,6)28-26-13-9-7-11-24(26)25-12-8-10-14-27(25)28/h7-14,21-28H,15-20H2,1-6H3. The molecule has 0 bridgehead atoms. The molecule has 170 valence electrons. The molecule has 0 nitrogen and oxygen atoms in total. The third-order valence-electron chi connectivity index (χ3n) is 10.4. The van der Waals surface area contributed by atoms with Crippen LogP contribution >= 0.6 is 0 Å². The summed E-state index contributed by atoms with van der Waals surface area (Å²) < 4.78 is 0. The van der Waals surface area contributed by atoms with E-state index < -0.39 is 0 Å². The molecule has 5 aliphatic rings. The molecule has 0 aromatic rings. The highest BCUT2D eigenvalue weighted by Crippen LogP contribution is 2.62. The summed E-state index contributed by atoms with van der Waals surface area (Å²) >= 11 is 0. The summed E-state index contributed by atoms with van der Waals surface area (Å²) in [7, 11) is 0. The maximum Gasteiger partial charge on any atom is -0.00954 e. The third-order valence-corrected chi connectivity index (χ3v) is 10.4. The van der Waals surface area contributed by atoms with Crippen LogP contribution in [0.1, 0.15) is 80.1 Å². The monoisotopic (exact) mass is 418 g/mol. The maximum absolute atomic E-state index is 2.65. The van der Waals surface area contributed by atoms with Crippen molar-refractivity contribution in [2.75, 3.05) is 0 Å². The van der Waals surface area contributed by atoms with Crippen LogP contribution < -0.4 is 0 Å². The molecular formula is C31H46. The number of fused-ring (bicyclic) bond motifs is 3. The van der Waals surface area contributed by atoms with Gasteiger partial charge in [-0.25, -0.2) is 0 Å². The molecule has 3 fully saturated rings. The Balaban J connectivity index is 1.36. The van der Waals surface area contributed by atoms with Gasteiger partial charge in [-0.05, 0) is 102 Å². The van der Waals surface area contributed by atoms with E-state index in [1.54, 1.807) is 0 Å². The Labute approximate surface area is 192 Å². The first-order chi connectivity index (χ1) is 14.6. The first-order valence-corrected chi connectivity index (χ1v) is 13.3. The average Bonchev–Trinajstić information content (AvgIpc) is 3.30. The van der Waals surface area contributed by atoms with Gasteiger partial charge in [-0.3, -0.25) is 0 Å². The van der Waals surface area contributed by atoms with Crippen LogP contribution in [-0.2, 0) is 0 Å². The molecule has 31 heavy (non-hydrogen) atoms. The van der Waals surface area contributed by atoms with Gasteiger partial charge in [0, 0.05) is 0 Å². The molecule has 0 N–H and O–H groups in total. The Morgan fingerprint density at radius 2 is 1.13 bits per heavy atom. The highest BCUT2D eigenvalue weighted by Gasteiger charge is 2.55. The van der Waals surface area contributed by atoms with E-state index in [0.717, 1.165) is 23.7 Å². The molecule has 3 saturated carbocycles. The van der Waals surface area contributed by atoms with Crippen molar-refractivity contribution in [2.24, 2.45) is 63.6 Å². The molecule has 0 saturated heterocycles. The summed E-state index contributed by atoms with van der Waals surface area (Å²) in [6.07, 6.45) is 28.2. The van der Waals surface area contributed by atoms with Crippen LogP contribution in [0.3, 0.4) is 0 Å². The number of hydrogen-bond donors (Lipinski definition) is 0. The van der Waals surface area contributed by atoms with Crippen LogP contribution in [0.25, 0.3) is 0 Å². The van der Waals surface area contributed by atoms with Gasteiger partial charge in [-0.1, -0.05) is 90.2 Å². The van der Waals surface area contributed by atoms with E-state index in [0.29, 0.717) is 39.9 Å². The van der Waals surface area contributed by atoms with Crippen LogP contribution in [0.5, 0.6) is 0 Å². The van der Waals surface area contributed by atoms with Gasteiger partial charge in [0.25, 0.3) is 0 Å². The van der Waals surface area contributed by atoms with Crippen molar-refractivity contribution in [3.8, 4) is 0 Å². The van der Waals surface area contributed by atoms with Gasteiger partial charge in [-0.15, -0.1) is 0 Å². The van der Waals surface area contributed by atoms with Crippen molar-refractivity contribution in [3.63, 3.8) is 0 Å². The minimum atomic E-state index is 0.405. The minimum Gasteiger partial charge on any atom is -0.0805 e. The third kappa shape index (κ3) is 3.85. The molecule has 0 heteroatoms. The van der Waals surface area contributed by atoms with E-state index in [2.05, 4.69) is 90.2 Å². The highest BCUT2D eigenvalue weighted by molar-refractivity contribution is 5.29. The Morgan fingerprint density at radius 1 is 0.645 bits per heavy atom. The molecule has 6 atom stereocenters. The van der Waals surface area contributed by atoms with E-state index in [-0.39, 0.29) is 0 Å². The maximum atomic E-state index is 2.65. The molecule has 0 radical (unpaired) electrons. The molecule has 0 aromatic heterocycles. The molecule has 0 heterocycles. The fourth-order valence-electron chi connectivity index (χ4n) is 9.68. The van der Waals surface area contributed by atoms with Crippen molar-refractivity contribution in [3.05, 3.63) is 48.6 Å². The summed E-state index contributed by atoms with van der Waals surface area (Å²) in [6.45, 7) is 15.4. The van der Waals surface area contributed by atoms with E-state index in [1.807, 2.05) is 0 Å². The van der Waals surface area contributed by atoms with Crippen LogP contribution in [-0.4, -0.2) is 0 Å². The van der Waals surface area contributed by atoms with E-state index in [4.69, 9.17) is 0 Å². The summed E-state index contributed by atoms with van der Waals surface area (Å²) in [4.78, 5) is 0. The van der Waals surface area contributed by atoms with Crippen molar-refractivity contribution in [1.29, 1.82) is 0 Å². The minimum absolute atomic E-state index is 0.405. The van der Waals surface area contributed by atoms with E-state index >= 15 is 0 Å². The lowest BCUT2D eigenvalue weighted by Crippen LogP contribution is -2.39.